The number of likely N-dealkylation sites (tertiary alicyclic amines) is 1. The minimum atomic E-state index is -0.270. The fraction of sp³-hybridized carbons (Fsp3) is 0.500. The first-order chi connectivity index (χ1) is 9.88. The number of rotatable bonds is 4. The highest BCUT2D eigenvalue weighted by Crippen LogP contribution is 2.27. The molecule has 5 heteroatoms. The standard InChI is InChI=1S/C16H22N2O3/c1-10-3-4-13(16(17)21)8-18(10)9-14-7-12(11(2)19)5-6-15(14)20/h5-7,10,13,20H,3-4,8-9H2,1-2H3,(H2,17,21). The normalized spacial score (nSPS) is 23.0. The first kappa shape index (κ1) is 15.5. The number of carbonyl (C=O) groups excluding carboxylic acids is 2. The lowest BCUT2D eigenvalue weighted by Gasteiger charge is -2.37. The summed E-state index contributed by atoms with van der Waals surface area (Å²) < 4.78 is 0. The molecule has 0 radical (unpaired) electrons. The maximum absolute atomic E-state index is 11.5. The molecule has 3 N–H and O–H groups in total. The molecule has 1 aromatic carbocycles. The minimum Gasteiger partial charge on any atom is -0.508 e. The molecule has 1 aliphatic heterocycles. The number of phenolic OH excluding ortho intramolecular Hbond substituents is 1. The molecule has 1 aliphatic rings. The van der Waals surface area contributed by atoms with Gasteiger partial charge in [0.1, 0.15) is 5.75 Å². The van der Waals surface area contributed by atoms with E-state index in [4.69, 9.17) is 5.73 Å². The molecular weight excluding hydrogens is 268 g/mol. The van der Waals surface area contributed by atoms with Crippen molar-refractivity contribution in [2.75, 3.05) is 6.54 Å². The van der Waals surface area contributed by atoms with Crippen molar-refractivity contribution in [3.05, 3.63) is 29.3 Å². The highest BCUT2D eigenvalue weighted by Gasteiger charge is 2.29. The van der Waals surface area contributed by atoms with Crippen LogP contribution in [0.3, 0.4) is 0 Å². The molecule has 0 bridgehead atoms. The Balaban J connectivity index is 2.17. The second-order valence-corrected chi connectivity index (χ2v) is 5.85. The van der Waals surface area contributed by atoms with Gasteiger partial charge in [0.25, 0.3) is 0 Å². The van der Waals surface area contributed by atoms with Gasteiger partial charge in [0, 0.05) is 30.3 Å². The van der Waals surface area contributed by atoms with Crippen molar-refractivity contribution in [2.45, 2.75) is 39.3 Å². The quantitative estimate of drug-likeness (QED) is 0.826. The van der Waals surface area contributed by atoms with Crippen LogP contribution in [-0.4, -0.2) is 34.3 Å². The van der Waals surface area contributed by atoms with Crippen LogP contribution in [0, 0.1) is 5.92 Å². The van der Waals surface area contributed by atoms with E-state index in [-0.39, 0.29) is 23.4 Å². The van der Waals surface area contributed by atoms with Crippen LogP contribution in [-0.2, 0) is 11.3 Å². The van der Waals surface area contributed by atoms with Gasteiger partial charge in [-0.15, -0.1) is 0 Å². The topological polar surface area (TPSA) is 83.6 Å². The minimum absolute atomic E-state index is 0.0297. The molecule has 1 fully saturated rings. The molecule has 1 aromatic rings. The highest BCUT2D eigenvalue weighted by atomic mass is 16.3. The number of primary amides is 1. The van der Waals surface area contributed by atoms with E-state index in [0.717, 1.165) is 12.8 Å². The lowest BCUT2D eigenvalue weighted by atomic mass is 9.92. The van der Waals surface area contributed by atoms with Gasteiger partial charge >= 0.3 is 0 Å². The summed E-state index contributed by atoms with van der Waals surface area (Å²) in [6.45, 7) is 4.71. The van der Waals surface area contributed by atoms with Gasteiger partial charge in [0.15, 0.2) is 5.78 Å². The van der Waals surface area contributed by atoms with Gasteiger partial charge in [-0.1, -0.05) is 0 Å². The van der Waals surface area contributed by atoms with Crippen molar-refractivity contribution in [3.63, 3.8) is 0 Å². The van der Waals surface area contributed by atoms with Gasteiger partial charge in [-0.25, -0.2) is 0 Å². The number of piperidine rings is 1. The van der Waals surface area contributed by atoms with Crippen molar-refractivity contribution < 1.29 is 14.7 Å². The number of benzene rings is 1. The van der Waals surface area contributed by atoms with Gasteiger partial charge in [0.05, 0.1) is 5.92 Å². The van der Waals surface area contributed by atoms with E-state index in [1.54, 1.807) is 18.2 Å². The third kappa shape index (κ3) is 3.61. The van der Waals surface area contributed by atoms with Crippen LogP contribution >= 0.6 is 0 Å². The number of nitrogens with two attached hydrogens (primary N) is 1. The average molecular weight is 290 g/mol. The summed E-state index contributed by atoms with van der Waals surface area (Å²) in [6, 6.07) is 5.21. The molecule has 0 spiro atoms. The van der Waals surface area contributed by atoms with Crippen LogP contribution in [0.15, 0.2) is 18.2 Å². The van der Waals surface area contributed by atoms with Gasteiger partial charge in [-0.3, -0.25) is 14.5 Å². The molecule has 1 saturated heterocycles. The summed E-state index contributed by atoms with van der Waals surface area (Å²) in [5, 5.41) is 9.98. The largest absolute Gasteiger partial charge is 0.508 e. The van der Waals surface area contributed by atoms with Gasteiger partial charge in [-0.05, 0) is 44.9 Å². The Labute approximate surface area is 124 Å². The second kappa shape index (κ2) is 6.26. The maximum atomic E-state index is 11.5. The van der Waals surface area contributed by atoms with Crippen LogP contribution < -0.4 is 5.73 Å². The molecule has 5 nitrogen and oxygen atoms in total. The number of phenols is 1. The Kier molecular flexibility index (Phi) is 4.63. The predicted molar refractivity (Wildman–Crippen MR) is 79.9 cm³/mol. The Bertz CT molecular complexity index is 556. The van der Waals surface area contributed by atoms with Gasteiger partial charge in [-0.2, -0.15) is 0 Å². The van der Waals surface area contributed by atoms with E-state index in [9.17, 15) is 14.7 Å². The van der Waals surface area contributed by atoms with Crippen LogP contribution in [0.1, 0.15) is 42.6 Å². The predicted octanol–water partition coefficient (Wildman–Crippen LogP) is 1.68. The Morgan fingerprint density at radius 2 is 2.10 bits per heavy atom. The Morgan fingerprint density at radius 1 is 1.38 bits per heavy atom. The molecule has 0 aliphatic carbocycles. The van der Waals surface area contributed by atoms with E-state index in [2.05, 4.69) is 11.8 Å². The first-order valence-electron chi connectivity index (χ1n) is 7.24. The van der Waals surface area contributed by atoms with Crippen LogP contribution in [0.25, 0.3) is 0 Å². The van der Waals surface area contributed by atoms with E-state index >= 15 is 0 Å². The maximum Gasteiger partial charge on any atom is 0.221 e. The molecule has 1 heterocycles. The van der Waals surface area contributed by atoms with Gasteiger partial charge < -0.3 is 10.8 Å². The lowest BCUT2D eigenvalue weighted by Crippen LogP contribution is -2.45. The summed E-state index contributed by atoms with van der Waals surface area (Å²) in [7, 11) is 0. The summed E-state index contributed by atoms with van der Waals surface area (Å²) in [5.41, 5.74) is 6.69. The summed E-state index contributed by atoms with van der Waals surface area (Å²) in [6.07, 6.45) is 1.72. The van der Waals surface area contributed by atoms with Gasteiger partial charge in [0.2, 0.25) is 5.91 Å². The smallest absolute Gasteiger partial charge is 0.221 e. The van der Waals surface area contributed by atoms with Crippen LogP contribution in [0.2, 0.25) is 0 Å². The van der Waals surface area contributed by atoms with E-state index in [0.29, 0.717) is 30.3 Å². The number of hydrogen-bond acceptors (Lipinski definition) is 4. The fourth-order valence-corrected chi connectivity index (χ4v) is 2.78. The molecule has 2 unspecified atom stereocenters. The number of Topliss-reactive ketones (excluding diaryl/α,β-unsaturated/α-hetero) is 1. The lowest BCUT2D eigenvalue weighted by molar-refractivity contribution is -0.124. The zero-order valence-corrected chi connectivity index (χ0v) is 12.5. The Hall–Kier alpha value is -1.88. The monoisotopic (exact) mass is 290 g/mol. The molecule has 0 saturated carbocycles. The van der Waals surface area contributed by atoms with Crippen molar-refractivity contribution in [3.8, 4) is 5.75 Å². The van der Waals surface area contributed by atoms with Crippen molar-refractivity contribution in [1.29, 1.82) is 0 Å². The molecule has 0 aromatic heterocycles. The number of nitrogens with zero attached hydrogens (tertiary/aromatic N) is 1. The number of ketones is 1. The third-order valence-corrected chi connectivity index (χ3v) is 4.27. The van der Waals surface area contributed by atoms with Crippen molar-refractivity contribution in [1.82, 2.24) is 4.90 Å². The summed E-state index contributed by atoms with van der Waals surface area (Å²) in [4.78, 5) is 25.0. The molecule has 114 valence electrons. The highest BCUT2D eigenvalue weighted by molar-refractivity contribution is 5.94. The zero-order valence-electron chi connectivity index (χ0n) is 12.5. The zero-order chi connectivity index (χ0) is 15.6. The van der Waals surface area contributed by atoms with Crippen LogP contribution in [0.4, 0.5) is 0 Å². The molecular formula is C16H22N2O3. The fourth-order valence-electron chi connectivity index (χ4n) is 2.78. The molecule has 2 atom stereocenters. The number of amides is 1. The third-order valence-electron chi connectivity index (χ3n) is 4.27. The average Bonchev–Trinajstić information content (AvgIpc) is 2.43. The SMILES string of the molecule is CC(=O)c1ccc(O)c(CN2CC(C(N)=O)CCC2C)c1. The Morgan fingerprint density at radius 3 is 2.71 bits per heavy atom. The van der Waals surface area contributed by atoms with E-state index in [1.807, 2.05) is 0 Å². The summed E-state index contributed by atoms with van der Waals surface area (Å²) >= 11 is 0. The molecule has 21 heavy (non-hydrogen) atoms. The molecule has 2 rings (SSSR count). The number of carbonyl (C=O) groups is 2. The first-order valence-corrected chi connectivity index (χ1v) is 7.24. The van der Waals surface area contributed by atoms with Crippen LogP contribution in [0.5, 0.6) is 5.75 Å². The van der Waals surface area contributed by atoms with Crippen molar-refractivity contribution >= 4 is 11.7 Å². The van der Waals surface area contributed by atoms with Crippen molar-refractivity contribution in [2.24, 2.45) is 11.7 Å². The summed E-state index contributed by atoms with van der Waals surface area (Å²) in [5.74, 6) is -0.265. The second-order valence-electron chi connectivity index (χ2n) is 5.85. The van der Waals surface area contributed by atoms with E-state index < -0.39 is 0 Å². The number of hydrogen-bond donors (Lipinski definition) is 2. The number of aromatic hydroxyl groups is 1. The van der Waals surface area contributed by atoms with E-state index in [1.165, 1.54) is 6.92 Å². The molecule has 1 amide bonds.